The fourth-order valence-corrected chi connectivity index (χ4v) is 2.70. The highest BCUT2D eigenvalue weighted by molar-refractivity contribution is 5.81. The molecule has 1 unspecified atom stereocenters. The minimum Gasteiger partial charge on any atom is -0.341 e. The van der Waals surface area contributed by atoms with E-state index in [1.807, 2.05) is 4.90 Å². The first-order chi connectivity index (χ1) is 9.12. The Hall–Kier alpha value is -0.870. The second-order valence-electron chi connectivity index (χ2n) is 5.39. The molecule has 110 valence electrons. The molecule has 1 aliphatic rings. The first kappa shape index (κ1) is 16.2. The summed E-state index contributed by atoms with van der Waals surface area (Å²) < 4.78 is 0. The van der Waals surface area contributed by atoms with Crippen LogP contribution in [0.4, 0.5) is 0 Å². The molecule has 0 saturated carbocycles. The number of carbonyl (C=O) groups is 1. The number of carbonyl (C=O) groups excluding carboxylic acids is 1. The van der Waals surface area contributed by atoms with Gasteiger partial charge in [0.25, 0.3) is 0 Å². The van der Waals surface area contributed by atoms with E-state index in [1.165, 1.54) is 0 Å². The Morgan fingerprint density at radius 2 is 2.00 bits per heavy atom. The van der Waals surface area contributed by atoms with Gasteiger partial charge in [0.1, 0.15) is 0 Å². The molecule has 1 amide bonds. The number of nitrogens with two attached hydrogens (primary N) is 1. The van der Waals surface area contributed by atoms with Gasteiger partial charge in [0.2, 0.25) is 5.91 Å². The van der Waals surface area contributed by atoms with E-state index >= 15 is 0 Å². The normalized spacial score (nSPS) is 18.6. The zero-order valence-electron chi connectivity index (χ0n) is 12.5. The van der Waals surface area contributed by atoms with Crippen molar-refractivity contribution in [3.8, 4) is 0 Å². The minimum absolute atomic E-state index is 0.0844. The lowest BCUT2D eigenvalue weighted by molar-refractivity contribution is -0.134. The van der Waals surface area contributed by atoms with Gasteiger partial charge in [-0.15, -0.1) is 6.58 Å². The molecule has 0 aromatic carbocycles. The maximum absolute atomic E-state index is 12.1. The number of amides is 1. The van der Waals surface area contributed by atoms with Crippen LogP contribution in [0.2, 0.25) is 0 Å². The third kappa shape index (κ3) is 4.96. The zero-order valence-corrected chi connectivity index (χ0v) is 12.5. The van der Waals surface area contributed by atoms with Crippen LogP contribution < -0.4 is 5.73 Å². The SMILES string of the molecule is C=CCC(N)C(=O)N1CCC(CN(CC)CC)CC1. The second-order valence-corrected chi connectivity index (χ2v) is 5.39. The summed E-state index contributed by atoms with van der Waals surface area (Å²) in [6, 6.07) is -0.406. The number of likely N-dealkylation sites (tertiary alicyclic amines) is 1. The van der Waals surface area contributed by atoms with Crippen LogP contribution in [0.15, 0.2) is 12.7 Å². The predicted octanol–water partition coefficient (Wildman–Crippen LogP) is 1.47. The molecular formula is C15H29N3O. The van der Waals surface area contributed by atoms with Gasteiger partial charge in [0.05, 0.1) is 6.04 Å². The first-order valence-corrected chi connectivity index (χ1v) is 7.49. The van der Waals surface area contributed by atoms with Crippen LogP contribution in [-0.2, 0) is 4.79 Å². The Morgan fingerprint density at radius 1 is 1.42 bits per heavy atom. The summed E-state index contributed by atoms with van der Waals surface area (Å²) in [5.74, 6) is 0.806. The molecule has 1 rings (SSSR count). The summed E-state index contributed by atoms with van der Waals surface area (Å²) in [5, 5.41) is 0. The van der Waals surface area contributed by atoms with Crippen LogP contribution in [0, 0.1) is 5.92 Å². The molecule has 4 nitrogen and oxygen atoms in total. The van der Waals surface area contributed by atoms with Crippen molar-refractivity contribution in [3.05, 3.63) is 12.7 Å². The van der Waals surface area contributed by atoms with E-state index in [9.17, 15) is 4.79 Å². The van der Waals surface area contributed by atoms with Crippen molar-refractivity contribution in [2.75, 3.05) is 32.7 Å². The van der Waals surface area contributed by atoms with E-state index in [0.29, 0.717) is 6.42 Å². The quantitative estimate of drug-likeness (QED) is 0.711. The van der Waals surface area contributed by atoms with E-state index in [0.717, 1.165) is 51.5 Å². The van der Waals surface area contributed by atoms with Crippen molar-refractivity contribution < 1.29 is 4.79 Å². The van der Waals surface area contributed by atoms with Gasteiger partial charge in [-0.1, -0.05) is 19.9 Å². The zero-order chi connectivity index (χ0) is 14.3. The smallest absolute Gasteiger partial charge is 0.239 e. The molecular weight excluding hydrogens is 238 g/mol. The molecule has 1 fully saturated rings. The van der Waals surface area contributed by atoms with Gasteiger partial charge in [-0.2, -0.15) is 0 Å². The fraction of sp³-hybridized carbons (Fsp3) is 0.800. The summed E-state index contributed by atoms with van der Waals surface area (Å²) in [7, 11) is 0. The predicted molar refractivity (Wildman–Crippen MR) is 79.9 cm³/mol. The molecule has 4 heteroatoms. The summed E-state index contributed by atoms with van der Waals surface area (Å²) >= 11 is 0. The van der Waals surface area contributed by atoms with Gasteiger partial charge in [0, 0.05) is 19.6 Å². The maximum atomic E-state index is 12.1. The molecule has 0 aliphatic carbocycles. The van der Waals surface area contributed by atoms with Crippen molar-refractivity contribution in [2.45, 2.75) is 39.2 Å². The number of nitrogens with zero attached hydrogens (tertiary/aromatic N) is 2. The van der Waals surface area contributed by atoms with Crippen LogP contribution in [0.5, 0.6) is 0 Å². The maximum Gasteiger partial charge on any atom is 0.239 e. The Labute approximate surface area is 117 Å². The molecule has 0 radical (unpaired) electrons. The van der Waals surface area contributed by atoms with Crippen LogP contribution >= 0.6 is 0 Å². The van der Waals surface area contributed by atoms with Crippen molar-refractivity contribution >= 4 is 5.91 Å². The van der Waals surface area contributed by atoms with E-state index < -0.39 is 6.04 Å². The number of hydrogen-bond acceptors (Lipinski definition) is 3. The molecule has 0 aromatic heterocycles. The van der Waals surface area contributed by atoms with Crippen molar-refractivity contribution in [2.24, 2.45) is 11.7 Å². The average Bonchev–Trinajstić information content (AvgIpc) is 2.45. The Kier molecular flexibility index (Phi) is 7.10. The Morgan fingerprint density at radius 3 is 2.47 bits per heavy atom. The lowest BCUT2D eigenvalue weighted by Gasteiger charge is -2.35. The largest absolute Gasteiger partial charge is 0.341 e. The van der Waals surface area contributed by atoms with Crippen molar-refractivity contribution in [1.82, 2.24) is 9.80 Å². The molecule has 1 saturated heterocycles. The van der Waals surface area contributed by atoms with Crippen LogP contribution in [-0.4, -0.2) is 54.5 Å². The minimum atomic E-state index is -0.406. The van der Waals surface area contributed by atoms with Gasteiger partial charge in [0.15, 0.2) is 0 Å². The standard InChI is InChI=1S/C15H29N3O/c1-4-7-14(16)15(19)18-10-8-13(9-11-18)12-17(5-2)6-3/h4,13-14H,1,5-12,16H2,2-3H3. The molecule has 2 N–H and O–H groups in total. The summed E-state index contributed by atoms with van der Waals surface area (Å²) in [4.78, 5) is 16.5. The highest BCUT2D eigenvalue weighted by atomic mass is 16.2. The average molecular weight is 267 g/mol. The van der Waals surface area contributed by atoms with Crippen molar-refractivity contribution in [1.29, 1.82) is 0 Å². The van der Waals surface area contributed by atoms with Gasteiger partial charge in [-0.3, -0.25) is 4.79 Å². The molecule has 19 heavy (non-hydrogen) atoms. The highest BCUT2D eigenvalue weighted by Gasteiger charge is 2.26. The number of piperidine rings is 1. The summed E-state index contributed by atoms with van der Waals surface area (Å²) in [6.07, 6.45) is 4.49. The number of hydrogen-bond donors (Lipinski definition) is 1. The van der Waals surface area contributed by atoms with E-state index in [2.05, 4.69) is 25.3 Å². The molecule has 0 aromatic rings. The highest BCUT2D eigenvalue weighted by Crippen LogP contribution is 2.19. The van der Waals surface area contributed by atoms with Crippen LogP contribution in [0.1, 0.15) is 33.1 Å². The third-order valence-corrected chi connectivity index (χ3v) is 4.07. The molecule has 1 aliphatic heterocycles. The van der Waals surface area contributed by atoms with Crippen LogP contribution in [0.3, 0.4) is 0 Å². The van der Waals surface area contributed by atoms with Crippen LogP contribution in [0.25, 0.3) is 0 Å². The van der Waals surface area contributed by atoms with Crippen molar-refractivity contribution in [3.63, 3.8) is 0 Å². The summed E-state index contributed by atoms with van der Waals surface area (Å²) in [5.41, 5.74) is 5.85. The monoisotopic (exact) mass is 267 g/mol. The second kappa shape index (κ2) is 8.33. The van der Waals surface area contributed by atoms with Gasteiger partial charge < -0.3 is 15.5 Å². The number of rotatable bonds is 7. The molecule has 1 atom stereocenters. The van der Waals surface area contributed by atoms with E-state index in [1.54, 1.807) is 6.08 Å². The molecule has 1 heterocycles. The van der Waals surface area contributed by atoms with Gasteiger partial charge in [-0.05, 0) is 38.3 Å². The lowest BCUT2D eigenvalue weighted by Crippen LogP contribution is -2.48. The van der Waals surface area contributed by atoms with E-state index in [-0.39, 0.29) is 5.91 Å². The lowest BCUT2D eigenvalue weighted by atomic mass is 9.95. The molecule has 0 bridgehead atoms. The first-order valence-electron chi connectivity index (χ1n) is 7.49. The topological polar surface area (TPSA) is 49.6 Å². The Balaban J connectivity index is 2.36. The summed E-state index contributed by atoms with van der Waals surface area (Å²) in [6.45, 7) is 13.1. The Bertz CT molecular complexity index is 281. The van der Waals surface area contributed by atoms with Gasteiger partial charge >= 0.3 is 0 Å². The fourth-order valence-electron chi connectivity index (χ4n) is 2.70. The van der Waals surface area contributed by atoms with E-state index in [4.69, 9.17) is 5.73 Å². The third-order valence-electron chi connectivity index (χ3n) is 4.07. The molecule has 0 spiro atoms. The van der Waals surface area contributed by atoms with Gasteiger partial charge in [-0.25, -0.2) is 0 Å².